The van der Waals surface area contributed by atoms with Crippen molar-refractivity contribution in [2.24, 2.45) is 0 Å². The Kier molecular flexibility index (Phi) is 3.60. The fourth-order valence-electron chi connectivity index (χ4n) is 2.23. The minimum absolute atomic E-state index is 0.235. The average Bonchev–Trinajstić information content (AvgIpc) is 2.39. The van der Waals surface area contributed by atoms with Crippen LogP contribution in [0.5, 0.6) is 0 Å². The van der Waals surface area contributed by atoms with Crippen molar-refractivity contribution in [1.29, 1.82) is 0 Å². The van der Waals surface area contributed by atoms with Gasteiger partial charge in [-0.05, 0) is 31.4 Å². The van der Waals surface area contributed by atoms with E-state index in [0.717, 1.165) is 18.7 Å². The predicted octanol–water partition coefficient (Wildman–Crippen LogP) is 3.27. The number of ketones is 1. The van der Waals surface area contributed by atoms with Gasteiger partial charge in [-0.25, -0.2) is 0 Å². The zero-order valence-corrected chi connectivity index (χ0v) is 9.91. The van der Waals surface area contributed by atoms with Gasteiger partial charge < -0.3 is 4.90 Å². The van der Waals surface area contributed by atoms with Crippen LogP contribution in [-0.2, 0) is 0 Å². The minimum atomic E-state index is 0.235. The molecule has 1 aliphatic heterocycles. The van der Waals surface area contributed by atoms with Crippen LogP contribution in [0.15, 0.2) is 24.3 Å². The lowest BCUT2D eigenvalue weighted by Crippen LogP contribution is -2.29. The smallest absolute Gasteiger partial charge is 0.162 e. The average molecular weight is 217 g/mol. The summed E-state index contributed by atoms with van der Waals surface area (Å²) in [4.78, 5) is 14.0. The molecule has 1 aromatic rings. The van der Waals surface area contributed by atoms with Gasteiger partial charge in [0, 0.05) is 30.8 Å². The molecule has 0 N–H and O–H groups in total. The number of nitrogens with zero attached hydrogens (tertiary/aromatic N) is 1. The van der Waals surface area contributed by atoms with E-state index in [2.05, 4.69) is 11.0 Å². The second kappa shape index (κ2) is 5.15. The zero-order chi connectivity index (χ0) is 11.4. The standard InChI is InChI=1S/C14H19NO/c1-2-14(16)12-7-6-8-13(11-12)15-9-4-3-5-10-15/h6-8,11H,2-5,9-10H2,1H3. The summed E-state index contributed by atoms with van der Waals surface area (Å²) in [5.41, 5.74) is 2.06. The fraction of sp³-hybridized carbons (Fsp3) is 0.500. The summed E-state index contributed by atoms with van der Waals surface area (Å²) in [5.74, 6) is 0.235. The molecule has 1 saturated heterocycles. The molecule has 1 aromatic carbocycles. The highest BCUT2D eigenvalue weighted by atomic mass is 16.1. The first-order valence-electron chi connectivity index (χ1n) is 6.19. The molecule has 1 fully saturated rings. The summed E-state index contributed by atoms with van der Waals surface area (Å²) < 4.78 is 0. The van der Waals surface area contributed by atoms with Crippen molar-refractivity contribution in [2.75, 3.05) is 18.0 Å². The number of carbonyl (C=O) groups is 1. The Hall–Kier alpha value is -1.31. The Morgan fingerprint density at radius 1 is 1.25 bits per heavy atom. The first-order valence-corrected chi connectivity index (χ1v) is 6.19. The van der Waals surface area contributed by atoms with Crippen molar-refractivity contribution in [1.82, 2.24) is 0 Å². The number of Topliss-reactive ketones (excluding diaryl/α,β-unsaturated/α-hetero) is 1. The molecule has 0 amide bonds. The molecular formula is C14H19NO. The lowest BCUT2D eigenvalue weighted by atomic mass is 10.1. The molecule has 0 atom stereocenters. The quantitative estimate of drug-likeness (QED) is 0.724. The van der Waals surface area contributed by atoms with E-state index in [4.69, 9.17) is 0 Å². The van der Waals surface area contributed by atoms with Crippen LogP contribution in [0.25, 0.3) is 0 Å². The number of anilines is 1. The van der Waals surface area contributed by atoms with Gasteiger partial charge in [-0.1, -0.05) is 19.1 Å². The lowest BCUT2D eigenvalue weighted by Gasteiger charge is -2.29. The molecule has 1 heterocycles. The van der Waals surface area contributed by atoms with Crippen LogP contribution in [0, 0.1) is 0 Å². The van der Waals surface area contributed by atoms with Crippen LogP contribution >= 0.6 is 0 Å². The number of carbonyl (C=O) groups excluding carboxylic acids is 1. The summed E-state index contributed by atoms with van der Waals surface area (Å²) in [6.07, 6.45) is 4.46. The maximum Gasteiger partial charge on any atom is 0.162 e. The Labute approximate surface area is 97.3 Å². The summed E-state index contributed by atoms with van der Waals surface area (Å²) in [6.45, 7) is 4.17. The van der Waals surface area contributed by atoms with Crippen LogP contribution in [-0.4, -0.2) is 18.9 Å². The van der Waals surface area contributed by atoms with E-state index in [0.29, 0.717) is 6.42 Å². The molecule has 0 spiro atoms. The number of benzene rings is 1. The van der Waals surface area contributed by atoms with Gasteiger partial charge >= 0.3 is 0 Å². The molecule has 0 aromatic heterocycles. The first kappa shape index (κ1) is 11.2. The van der Waals surface area contributed by atoms with E-state index in [-0.39, 0.29) is 5.78 Å². The van der Waals surface area contributed by atoms with Gasteiger partial charge in [0.15, 0.2) is 5.78 Å². The fourth-order valence-corrected chi connectivity index (χ4v) is 2.23. The normalized spacial score (nSPS) is 16.2. The van der Waals surface area contributed by atoms with E-state index in [1.165, 1.54) is 24.9 Å². The van der Waals surface area contributed by atoms with Crippen LogP contribution in [0.3, 0.4) is 0 Å². The molecule has 2 nitrogen and oxygen atoms in total. The highest BCUT2D eigenvalue weighted by molar-refractivity contribution is 5.96. The van der Waals surface area contributed by atoms with Gasteiger partial charge in [-0.2, -0.15) is 0 Å². The highest BCUT2D eigenvalue weighted by Gasteiger charge is 2.12. The lowest BCUT2D eigenvalue weighted by molar-refractivity contribution is 0.0988. The highest BCUT2D eigenvalue weighted by Crippen LogP contribution is 2.21. The minimum Gasteiger partial charge on any atom is -0.372 e. The van der Waals surface area contributed by atoms with Gasteiger partial charge in [0.05, 0.1) is 0 Å². The Balaban J connectivity index is 2.17. The number of rotatable bonds is 3. The largest absolute Gasteiger partial charge is 0.372 e. The van der Waals surface area contributed by atoms with Crippen molar-refractivity contribution >= 4 is 11.5 Å². The second-order valence-corrected chi connectivity index (χ2v) is 4.37. The van der Waals surface area contributed by atoms with Crippen molar-refractivity contribution in [3.05, 3.63) is 29.8 Å². The zero-order valence-electron chi connectivity index (χ0n) is 9.91. The molecule has 1 aliphatic rings. The van der Waals surface area contributed by atoms with Crippen LogP contribution in [0.4, 0.5) is 5.69 Å². The molecule has 0 saturated carbocycles. The van der Waals surface area contributed by atoms with E-state index < -0.39 is 0 Å². The van der Waals surface area contributed by atoms with Crippen molar-refractivity contribution in [3.63, 3.8) is 0 Å². The number of hydrogen-bond acceptors (Lipinski definition) is 2. The third-order valence-electron chi connectivity index (χ3n) is 3.21. The molecule has 16 heavy (non-hydrogen) atoms. The van der Waals surface area contributed by atoms with Crippen LogP contribution in [0.2, 0.25) is 0 Å². The predicted molar refractivity (Wildman–Crippen MR) is 67.1 cm³/mol. The molecule has 0 radical (unpaired) electrons. The Bertz CT molecular complexity index is 367. The third-order valence-corrected chi connectivity index (χ3v) is 3.21. The van der Waals surface area contributed by atoms with Crippen molar-refractivity contribution < 1.29 is 4.79 Å². The summed E-state index contributed by atoms with van der Waals surface area (Å²) in [5, 5.41) is 0. The van der Waals surface area contributed by atoms with Crippen LogP contribution < -0.4 is 4.90 Å². The van der Waals surface area contributed by atoms with E-state index in [1.54, 1.807) is 0 Å². The summed E-state index contributed by atoms with van der Waals surface area (Å²) in [6, 6.07) is 8.06. The molecule has 86 valence electrons. The van der Waals surface area contributed by atoms with Gasteiger partial charge in [0.2, 0.25) is 0 Å². The third kappa shape index (κ3) is 2.43. The SMILES string of the molecule is CCC(=O)c1cccc(N2CCCCC2)c1. The molecular weight excluding hydrogens is 198 g/mol. The van der Waals surface area contributed by atoms with Gasteiger partial charge in [0.25, 0.3) is 0 Å². The van der Waals surface area contributed by atoms with Gasteiger partial charge in [-0.3, -0.25) is 4.79 Å². The monoisotopic (exact) mass is 217 g/mol. The molecule has 2 heteroatoms. The summed E-state index contributed by atoms with van der Waals surface area (Å²) >= 11 is 0. The summed E-state index contributed by atoms with van der Waals surface area (Å²) in [7, 11) is 0. The van der Waals surface area contributed by atoms with Crippen molar-refractivity contribution in [2.45, 2.75) is 32.6 Å². The Morgan fingerprint density at radius 2 is 2.00 bits per heavy atom. The van der Waals surface area contributed by atoms with E-state index in [9.17, 15) is 4.79 Å². The number of piperidine rings is 1. The van der Waals surface area contributed by atoms with Gasteiger partial charge in [-0.15, -0.1) is 0 Å². The van der Waals surface area contributed by atoms with Crippen molar-refractivity contribution in [3.8, 4) is 0 Å². The molecule has 0 unspecified atom stereocenters. The molecule has 0 aliphatic carbocycles. The second-order valence-electron chi connectivity index (χ2n) is 4.37. The van der Waals surface area contributed by atoms with E-state index >= 15 is 0 Å². The maximum absolute atomic E-state index is 11.6. The van der Waals surface area contributed by atoms with Crippen LogP contribution in [0.1, 0.15) is 43.0 Å². The molecule has 2 rings (SSSR count). The molecule has 0 bridgehead atoms. The topological polar surface area (TPSA) is 20.3 Å². The van der Waals surface area contributed by atoms with Gasteiger partial charge in [0.1, 0.15) is 0 Å². The first-order chi connectivity index (χ1) is 7.81. The number of hydrogen-bond donors (Lipinski definition) is 0. The Morgan fingerprint density at radius 3 is 2.69 bits per heavy atom. The van der Waals surface area contributed by atoms with E-state index in [1.807, 2.05) is 25.1 Å². The maximum atomic E-state index is 11.6.